The van der Waals surface area contributed by atoms with Crippen LogP contribution in [-0.2, 0) is 11.3 Å². The van der Waals surface area contributed by atoms with E-state index in [0.29, 0.717) is 11.6 Å². The summed E-state index contributed by atoms with van der Waals surface area (Å²) in [5.41, 5.74) is 2.81. The number of methoxy groups -OCH3 is 1. The molecule has 0 aliphatic rings. The monoisotopic (exact) mass is 364 g/mol. The van der Waals surface area contributed by atoms with Crippen LogP contribution in [-0.4, -0.2) is 7.11 Å². The zero-order chi connectivity index (χ0) is 15.2. The quantitative estimate of drug-likeness (QED) is 0.817. The predicted molar refractivity (Wildman–Crippen MR) is 88.3 cm³/mol. The molecule has 0 fully saturated rings. The van der Waals surface area contributed by atoms with Gasteiger partial charge in [0.1, 0.15) is 6.04 Å². The first kappa shape index (κ1) is 15.8. The fourth-order valence-corrected chi connectivity index (χ4v) is 2.41. The molecular weight excluding hydrogens is 352 g/mol. The number of ether oxygens (including phenoxy) is 1. The largest absolute Gasteiger partial charge is 0.380 e. The number of nitrogens with one attached hydrogen (secondary N) is 1. The maximum Gasteiger partial charge on any atom is 0.140 e. The highest BCUT2D eigenvalue weighted by Gasteiger charge is 2.11. The van der Waals surface area contributed by atoms with Crippen molar-refractivity contribution in [3.8, 4) is 6.07 Å². The first-order chi connectivity index (χ1) is 10.1. The van der Waals surface area contributed by atoms with Crippen LogP contribution in [0.1, 0.15) is 17.2 Å². The Balaban J connectivity index is 2.15. The maximum atomic E-state index is 9.36. The summed E-state index contributed by atoms with van der Waals surface area (Å²) >= 11 is 9.34. The highest BCUT2D eigenvalue weighted by Crippen LogP contribution is 2.27. The Hall–Kier alpha value is -1.54. The van der Waals surface area contributed by atoms with Crippen LogP contribution in [0.4, 0.5) is 5.69 Å². The molecule has 21 heavy (non-hydrogen) atoms. The van der Waals surface area contributed by atoms with Gasteiger partial charge in [0.05, 0.1) is 17.7 Å². The first-order valence-corrected chi connectivity index (χ1v) is 7.50. The van der Waals surface area contributed by atoms with E-state index in [1.807, 2.05) is 36.4 Å². The van der Waals surface area contributed by atoms with Gasteiger partial charge in [0.15, 0.2) is 0 Å². The molecule has 0 heterocycles. The Bertz CT molecular complexity index is 652. The van der Waals surface area contributed by atoms with Gasteiger partial charge in [-0.1, -0.05) is 35.9 Å². The highest BCUT2D eigenvalue weighted by molar-refractivity contribution is 9.10. The standard InChI is InChI=1S/C16H14BrClN2O/c1-21-10-11-2-4-12(5-3-11)16(9-19)20-13-6-7-15(18)14(17)8-13/h2-8,16,20H,10H2,1H3. The SMILES string of the molecule is COCc1ccc(C(C#N)Nc2ccc(Cl)c(Br)c2)cc1. The van der Waals surface area contributed by atoms with E-state index >= 15 is 0 Å². The van der Waals surface area contributed by atoms with Gasteiger partial charge in [-0.15, -0.1) is 0 Å². The van der Waals surface area contributed by atoms with Crippen molar-refractivity contribution in [1.82, 2.24) is 0 Å². The normalized spacial score (nSPS) is 11.7. The molecule has 1 N–H and O–H groups in total. The molecule has 2 aromatic rings. The lowest BCUT2D eigenvalue weighted by Crippen LogP contribution is -2.08. The van der Waals surface area contributed by atoms with E-state index in [4.69, 9.17) is 16.3 Å². The summed E-state index contributed by atoms with van der Waals surface area (Å²) in [6, 6.07) is 15.1. The summed E-state index contributed by atoms with van der Waals surface area (Å²) in [4.78, 5) is 0. The fourth-order valence-electron chi connectivity index (χ4n) is 1.92. The Morgan fingerprint density at radius 1 is 1.29 bits per heavy atom. The number of benzene rings is 2. The second kappa shape index (κ2) is 7.46. The van der Waals surface area contributed by atoms with Gasteiger partial charge in [0.25, 0.3) is 0 Å². The summed E-state index contributed by atoms with van der Waals surface area (Å²) in [6.07, 6.45) is 0. The molecule has 0 aliphatic carbocycles. The number of rotatable bonds is 5. The summed E-state index contributed by atoms with van der Waals surface area (Å²) in [5.74, 6) is 0. The maximum absolute atomic E-state index is 9.36. The molecular formula is C16H14BrClN2O. The molecule has 1 unspecified atom stereocenters. The summed E-state index contributed by atoms with van der Waals surface area (Å²) in [7, 11) is 1.66. The summed E-state index contributed by atoms with van der Waals surface area (Å²) in [5, 5.41) is 13.2. The van der Waals surface area contributed by atoms with Crippen LogP contribution >= 0.6 is 27.5 Å². The number of halogens is 2. The van der Waals surface area contributed by atoms with Crippen molar-refractivity contribution in [2.75, 3.05) is 12.4 Å². The first-order valence-electron chi connectivity index (χ1n) is 6.33. The molecule has 108 valence electrons. The molecule has 3 nitrogen and oxygen atoms in total. The zero-order valence-corrected chi connectivity index (χ0v) is 13.8. The second-order valence-electron chi connectivity index (χ2n) is 4.51. The van der Waals surface area contributed by atoms with Gasteiger partial charge in [-0.2, -0.15) is 5.26 Å². The van der Waals surface area contributed by atoms with Gasteiger partial charge in [-0.3, -0.25) is 0 Å². The topological polar surface area (TPSA) is 45.0 Å². The number of nitrogens with zero attached hydrogens (tertiary/aromatic N) is 1. The van der Waals surface area contributed by atoms with E-state index in [0.717, 1.165) is 21.3 Å². The molecule has 2 rings (SSSR count). The summed E-state index contributed by atoms with van der Waals surface area (Å²) in [6.45, 7) is 0.565. The van der Waals surface area contributed by atoms with E-state index in [2.05, 4.69) is 27.3 Å². The lowest BCUT2D eigenvalue weighted by atomic mass is 10.1. The smallest absolute Gasteiger partial charge is 0.140 e. The van der Waals surface area contributed by atoms with Gasteiger partial charge >= 0.3 is 0 Å². The van der Waals surface area contributed by atoms with Gasteiger partial charge in [-0.05, 0) is 45.3 Å². The number of hydrogen-bond acceptors (Lipinski definition) is 3. The molecule has 0 bridgehead atoms. The minimum absolute atomic E-state index is 0.422. The third-order valence-electron chi connectivity index (χ3n) is 2.98. The number of anilines is 1. The lowest BCUT2D eigenvalue weighted by molar-refractivity contribution is 0.185. The second-order valence-corrected chi connectivity index (χ2v) is 5.77. The Labute approximate surface area is 137 Å². The van der Waals surface area contributed by atoms with Crippen LogP contribution < -0.4 is 5.32 Å². The predicted octanol–water partition coefficient (Wildman–Crippen LogP) is 4.93. The van der Waals surface area contributed by atoms with Gasteiger partial charge in [0.2, 0.25) is 0 Å². The van der Waals surface area contributed by atoms with Crippen molar-refractivity contribution >= 4 is 33.2 Å². The van der Waals surface area contributed by atoms with E-state index < -0.39 is 6.04 Å². The molecule has 0 aliphatic heterocycles. The molecule has 5 heteroatoms. The molecule has 2 aromatic carbocycles. The van der Waals surface area contributed by atoms with E-state index in [1.54, 1.807) is 13.2 Å². The Morgan fingerprint density at radius 2 is 2.00 bits per heavy atom. The van der Waals surface area contributed by atoms with Crippen LogP contribution in [0.3, 0.4) is 0 Å². The van der Waals surface area contributed by atoms with Crippen molar-refractivity contribution in [2.24, 2.45) is 0 Å². The average molecular weight is 366 g/mol. The Kier molecular flexibility index (Phi) is 5.63. The molecule has 0 aromatic heterocycles. The number of hydrogen-bond donors (Lipinski definition) is 1. The van der Waals surface area contributed by atoms with Crippen molar-refractivity contribution in [1.29, 1.82) is 5.26 Å². The average Bonchev–Trinajstić information content (AvgIpc) is 2.50. The van der Waals surface area contributed by atoms with Crippen LogP contribution in [0.15, 0.2) is 46.9 Å². The highest BCUT2D eigenvalue weighted by atomic mass is 79.9. The van der Waals surface area contributed by atoms with Crippen LogP contribution in [0.5, 0.6) is 0 Å². The van der Waals surface area contributed by atoms with Gasteiger partial charge < -0.3 is 10.1 Å². The minimum atomic E-state index is -0.422. The van der Waals surface area contributed by atoms with Gasteiger partial charge in [0, 0.05) is 17.3 Å². The van der Waals surface area contributed by atoms with Gasteiger partial charge in [-0.25, -0.2) is 0 Å². The number of nitriles is 1. The zero-order valence-electron chi connectivity index (χ0n) is 11.4. The van der Waals surface area contributed by atoms with Crippen molar-refractivity contribution in [3.05, 3.63) is 63.1 Å². The summed E-state index contributed by atoms with van der Waals surface area (Å²) < 4.78 is 5.87. The van der Waals surface area contributed by atoms with E-state index in [9.17, 15) is 5.26 Å². The van der Waals surface area contributed by atoms with E-state index in [1.165, 1.54) is 0 Å². The third-order valence-corrected chi connectivity index (χ3v) is 4.20. The van der Waals surface area contributed by atoms with Crippen LogP contribution in [0, 0.1) is 11.3 Å². The fraction of sp³-hybridized carbons (Fsp3) is 0.188. The minimum Gasteiger partial charge on any atom is -0.380 e. The molecule has 1 atom stereocenters. The van der Waals surface area contributed by atoms with Crippen molar-refractivity contribution < 1.29 is 4.74 Å². The van der Waals surface area contributed by atoms with Crippen LogP contribution in [0.25, 0.3) is 0 Å². The van der Waals surface area contributed by atoms with E-state index in [-0.39, 0.29) is 0 Å². The molecule has 0 saturated heterocycles. The third kappa shape index (κ3) is 4.21. The van der Waals surface area contributed by atoms with Crippen LogP contribution in [0.2, 0.25) is 5.02 Å². The van der Waals surface area contributed by atoms with Crippen molar-refractivity contribution in [3.63, 3.8) is 0 Å². The Morgan fingerprint density at radius 3 is 2.57 bits per heavy atom. The molecule has 0 saturated carbocycles. The van der Waals surface area contributed by atoms with Crippen molar-refractivity contribution in [2.45, 2.75) is 12.6 Å². The molecule has 0 spiro atoms. The molecule has 0 amide bonds. The molecule has 0 radical (unpaired) electrons. The lowest BCUT2D eigenvalue weighted by Gasteiger charge is -2.14.